The van der Waals surface area contributed by atoms with Gasteiger partial charge >= 0.3 is 0 Å². The monoisotopic (exact) mass is 298 g/mol. The minimum atomic E-state index is -0.713. The van der Waals surface area contributed by atoms with Crippen molar-refractivity contribution in [1.29, 1.82) is 0 Å². The second-order valence-corrected chi connectivity index (χ2v) is 5.24. The van der Waals surface area contributed by atoms with Crippen LogP contribution >= 0.6 is 11.6 Å². The number of nitrogens with one attached hydrogen (secondary N) is 1. The Balaban J connectivity index is 2.43. The number of carbonyl (C=O) groups excluding carboxylic acids is 2. The van der Waals surface area contributed by atoms with Gasteiger partial charge in [-0.3, -0.25) is 14.5 Å². The Morgan fingerprint density at radius 1 is 1.40 bits per heavy atom. The van der Waals surface area contributed by atoms with Crippen molar-refractivity contribution in [2.45, 2.75) is 38.8 Å². The van der Waals surface area contributed by atoms with E-state index in [1.165, 1.54) is 23.1 Å². The van der Waals surface area contributed by atoms with Gasteiger partial charge in [-0.1, -0.05) is 24.9 Å². The molecule has 0 radical (unpaired) electrons. The number of hydrogen-bond acceptors (Lipinski definition) is 2. The SMILES string of the molecule is CCCC1NC(=O)C(C)N(c2cc(F)ccc2Cl)C1=O. The van der Waals surface area contributed by atoms with Crippen molar-refractivity contribution < 1.29 is 14.0 Å². The van der Waals surface area contributed by atoms with Gasteiger partial charge in [0, 0.05) is 0 Å². The van der Waals surface area contributed by atoms with E-state index >= 15 is 0 Å². The molecule has 6 heteroatoms. The van der Waals surface area contributed by atoms with E-state index in [0.717, 1.165) is 6.42 Å². The number of piperazine rings is 1. The molecule has 1 aliphatic heterocycles. The van der Waals surface area contributed by atoms with Crippen LogP contribution in [0.1, 0.15) is 26.7 Å². The Morgan fingerprint density at radius 2 is 2.10 bits per heavy atom. The molecule has 1 N–H and O–H groups in total. The Hall–Kier alpha value is -1.62. The van der Waals surface area contributed by atoms with Crippen LogP contribution in [0.15, 0.2) is 18.2 Å². The van der Waals surface area contributed by atoms with E-state index in [1.54, 1.807) is 6.92 Å². The summed E-state index contributed by atoms with van der Waals surface area (Å²) in [7, 11) is 0. The second-order valence-electron chi connectivity index (χ2n) is 4.83. The number of carbonyl (C=O) groups is 2. The predicted octanol–water partition coefficient (Wildman–Crippen LogP) is 2.50. The van der Waals surface area contributed by atoms with Gasteiger partial charge in [0.1, 0.15) is 17.9 Å². The summed E-state index contributed by atoms with van der Waals surface area (Å²) in [6, 6.07) is 2.48. The van der Waals surface area contributed by atoms with Crippen LogP contribution in [0.25, 0.3) is 0 Å². The molecule has 2 unspecified atom stereocenters. The van der Waals surface area contributed by atoms with Crippen molar-refractivity contribution in [2.75, 3.05) is 4.90 Å². The largest absolute Gasteiger partial charge is 0.342 e. The van der Waals surface area contributed by atoms with Gasteiger partial charge < -0.3 is 5.32 Å². The van der Waals surface area contributed by atoms with Crippen LogP contribution in [-0.4, -0.2) is 23.9 Å². The van der Waals surface area contributed by atoms with Gasteiger partial charge in [0.15, 0.2) is 0 Å². The van der Waals surface area contributed by atoms with Crippen LogP contribution in [0.2, 0.25) is 5.02 Å². The summed E-state index contributed by atoms with van der Waals surface area (Å²) in [5.41, 5.74) is 0.236. The molecule has 0 saturated carbocycles. The summed E-state index contributed by atoms with van der Waals surface area (Å²) in [5.74, 6) is -1.02. The first kappa shape index (κ1) is 14.8. The Labute approximate surface area is 121 Å². The molecule has 1 aromatic rings. The molecule has 2 atom stereocenters. The van der Waals surface area contributed by atoms with Gasteiger partial charge in [-0.05, 0) is 31.5 Å². The molecular formula is C14H16ClFN2O2. The second kappa shape index (κ2) is 5.79. The number of anilines is 1. The summed E-state index contributed by atoms with van der Waals surface area (Å²) in [6.07, 6.45) is 1.30. The first-order valence-electron chi connectivity index (χ1n) is 6.54. The highest BCUT2D eigenvalue weighted by molar-refractivity contribution is 6.34. The maximum Gasteiger partial charge on any atom is 0.250 e. The zero-order valence-corrected chi connectivity index (χ0v) is 12.1. The molecule has 108 valence electrons. The fraction of sp³-hybridized carbons (Fsp3) is 0.429. The molecule has 1 saturated heterocycles. The summed E-state index contributed by atoms with van der Waals surface area (Å²) in [5, 5.41) is 2.93. The molecule has 0 spiro atoms. The highest BCUT2D eigenvalue weighted by atomic mass is 35.5. The molecule has 1 aliphatic rings. The average Bonchev–Trinajstić information content (AvgIpc) is 2.40. The topological polar surface area (TPSA) is 49.4 Å². The van der Waals surface area contributed by atoms with E-state index < -0.39 is 17.9 Å². The van der Waals surface area contributed by atoms with Crippen LogP contribution in [0.3, 0.4) is 0 Å². The predicted molar refractivity (Wildman–Crippen MR) is 75.2 cm³/mol. The highest BCUT2D eigenvalue weighted by Crippen LogP contribution is 2.30. The lowest BCUT2D eigenvalue weighted by molar-refractivity contribution is -0.133. The average molecular weight is 299 g/mol. The fourth-order valence-electron chi connectivity index (χ4n) is 2.31. The van der Waals surface area contributed by atoms with Crippen molar-refractivity contribution >= 4 is 29.1 Å². The summed E-state index contributed by atoms with van der Waals surface area (Å²) in [4.78, 5) is 25.7. The number of amides is 2. The third kappa shape index (κ3) is 2.63. The van der Waals surface area contributed by atoms with E-state index in [9.17, 15) is 14.0 Å². The van der Waals surface area contributed by atoms with Gasteiger partial charge in [0.2, 0.25) is 11.8 Å². The number of halogens is 2. The van der Waals surface area contributed by atoms with Crippen molar-refractivity contribution in [3.8, 4) is 0 Å². The first-order valence-corrected chi connectivity index (χ1v) is 6.92. The third-order valence-corrected chi connectivity index (χ3v) is 3.68. The number of rotatable bonds is 3. The van der Waals surface area contributed by atoms with E-state index in [0.29, 0.717) is 6.42 Å². The van der Waals surface area contributed by atoms with E-state index in [-0.39, 0.29) is 22.5 Å². The first-order chi connectivity index (χ1) is 9.45. The molecule has 0 aromatic heterocycles. The fourth-order valence-corrected chi connectivity index (χ4v) is 2.52. The molecule has 2 amide bonds. The summed E-state index contributed by atoms with van der Waals surface area (Å²) in [6.45, 7) is 3.52. The minimum absolute atomic E-state index is 0.236. The van der Waals surface area contributed by atoms with Crippen LogP contribution in [-0.2, 0) is 9.59 Å². The van der Waals surface area contributed by atoms with E-state index in [4.69, 9.17) is 11.6 Å². The molecule has 1 heterocycles. The molecule has 4 nitrogen and oxygen atoms in total. The molecule has 0 aliphatic carbocycles. The minimum Gasteiger partial charge on any atom is -0.342 e. The van der Waals surface area contributed by atoms with Crippen LogP contribution in [0, 0.1) is 5.82 Å². The maximum atomic E-state index is 13.4. The molecule has 20 heavy (non-hydrogen) atoms. The Bertz CT molecular complexity index is 550. The molecular weight excluding hydrogens is 283 g/mol. The quantitative estimate of drug-likeness (QED) is 0.932. The van der Waals surface area contributed by atoms with Crippen LogP contribution < -0.4 is 10.2 Å². The molecule has 1 fully saturated rings. The molecule has 1 aromatic carbocycles. The molecule has 0 bridgehead atoms. The highest BCUT2D eigenvalue weighted by Gasteiger charge is 2.39. The lowest BCUT2D eigenvalue weighted by Crippen LogP contribution is -2.62. The normalized spacial score (nSPS) is 22.9. The Kier molecular flexibility index (Phi) is 4.28. The smallest absolute Gasteiger partial charge is 0.250 e. The van der Waals surface area contributed by atoms with Crippen molar-refractivity contribution in [2.24, 2.45) is 0 Å². The summed E-state index contributed by atoms with van der Waals surface area (Å²) >= 11 is 6.04. The molecule has 2 rings (SSSR count). The zero-order chi connectivity index (χ0) is 14.9. The van der Waals surface area contributed by atoms with Crippen molar-refractivity contribution in [1.82, 2.24) is 5.32 Å². The van der Waals surface area contributed by atoms with E-state index in [2.05, 4.69) is 5.32 Å². The van der Waals surface area contributed by atoms with Gasteiger partial charge in [-0.2, -0.15) is 0 Å². The number of nitrogens with zero attached hydrogens (tertiary/aromatic N) is 1. The lowest BCUT2D eigenvalue weighted by Gasteiger charge is -2.37. The Morgan fingerprint density at radius 3 is 2.75 bits per heavy atom. The number of hydrogen-bond donors (Lipinski definition) is 1. The number of benzene rings is 1. The van der Waals surface area contributed by atoms with Crippen molar-refractivity contribution in [3.05, 3.63) is 29.0 Å². The van der Waals surface area contributed by atoms with Crippen LogP contribution in [0.4, 0.5) is 10.1 Å². The summed E-state index contributed by atoms with van der Waals surface area (Å²) < 4.78 is 13.4. The van der Waals surface area contributed by atoms with Gasteiger partial charge in [-0.15, -0.1) is 0 Å². The van der Waals surface area contributed by atoms with Gasteiger partial charge in [0.05, 0.1) is 10.7 Å². The van der Waals surface area contributed by atoms with Crippen molar-refractivity contribution in [3.63, 3.8) is 0 Å². The van der Waals surface area contributed by atoms with Crippen LogP contribution in [0.5, 0.6) is 0 Å². The van der Waals surface area contributed by atoms with Gasteiger partial charge in [0.25, 0.3) is 0 Å². The maximum absolute atomic E-state index is 13.4. The van der Waals surface area contributed by atoms with Gasteiger partial charge in [-0.25, -0.2) is 4.39 Å². The third-order valence-electron chi connectivity index (χ3n) is 3.36. The zero-order valence-electron chi connectivity index (χ0n) is 11.3. The standard InChI is InChI=1S/C14H16ClFN2O2/c1-3-4-11-14(20)18(8(2)13(19)17-11)12-7-9(16)5-6-10(12)15/h5-8,11H,3-4H2,1-2H3,(H,17,19). The lowest BCUT2D eigenvalue weighted by atomic mass is 10.0. The van der Waals surface area contributed by atoms with E-state index in [1.807, 2.05) is 6.92 Å².